The van der Waals surface area contributed by atoms with Crippen LogP contribution in [0.1, 0.15) is 27.7 Å². The highest BCUT2D eigenvalue weighted by molar-refractivity contribution is 5.82. The van der Waals surface area contributed by atoms with Crippen LogP contribution in [0, 0.1) is 5.41 Å². The average Bonchev–Trinajstić information content (AvgIpc) is 2.27. The Labute approximate surface area is 111 Å². The third-order valence-corrected chi connectivity index (χ3v) is 2.96. The van der Waals surface area contributed by atoms with Gasteiger partial charge in [0.05, 0.1) is 25.3 Å². The molecule has 0 aliphatic rings. The van der Waals surface area contributed by atoms with Crippen molar-refractivity contribution in [2.75, 3.05) is 34.0 Å². The van der Waals surface area contributed by atoms with Crippen LogP contribution in [0.4, 0.5) is 0 Å². The molecule has 108 valence electrons. The van der Waals surface area contributed by atoms with Gasteiger partial charge < -0.3 is 20.1 Å². The zero-order valence-electron chi connectivity index (χ0n) is 12.5. The number of nitrogens with zero attached hydrogens (tertiary/aromatic N) is 1. The first-order chi connectivity index (χ1) is 8.25. The third kappa shape index (κ3) is 5.33. The number of carbonyl (C=O) groups excluding carboxylic acids is 1. The summed E-state index contributed by atoms with van der Waals surface area (Å²) in [6.07, 6.45) is 0. The van der Waals surface area contributed by atoms with Gasteiger partial charge in [-0.05, 0) is 12.3 Å². The fraction of sp³-hybridized carbons (Fsp3) is 0.923. The first kappa shape index (κ1) is 17.4. The van der Waals surface area contributed by atoms with Gasteiger partial charge in [-0.25, -0.2) is 0 Å². The van der Waals surface area contributed by atoms with Crippen molar-refractivity contribution < 1.29 is 14.3 Å². The van der Waals surface area contributed by atoms with E-state index in [2.05, 4.69) is 0 Å². The lowest BCUT2D eigenvalue weighted by Crippen LogP contribution is -2.54. The summed E-state index contributed by atoms with van der Waals surface area (Å²) in [6, 6.07) is -0.528. The van der Waals surface area contributed by atoms with Crippen molar-refractivity contribution in [3.8, 4) is 0 Å². The first-order valence-electron chi connectivity index (χ1n) is 6.29. The average molecular weight is 260 g/mol. The highest BCUT2D eigenvalue weighted by Gasteiger charge is 2.32. The molecule has 0 heterocycles. The van der Waals surface area contributed by atoms with Crippen LogP contribution in [0.3, 0.4) is 0 Å². The molecule has 0 fully saturated rings. The highest BCUT2D eigenvalue weighted by atomic mass is 16.5. The van der Waals surface area contributed by atoms with Gasteiger partial charge in [0.2, 0.25) is 5.91 Å². The molecule has 0 aliphatic carbocycles. The molecule has 0 aliphatic heterocycles. The second-order valence-electron chi connectivity index (χ2n) is 5.67. The van der Waals surface area contributed by atoms with Crippen molar-refractivity contribution in [3.05, 3.63) is 0 Å². The number of rotatable bonds is 7. The third-order valence-electron chi connectivity index (χ3n) is 2.96. The molecule has 0 spiro atoms. The van der Waals surface area contributed by atoms with E-state index in [0.717, 1.165) is 0 Å². The molecule has 0 bridgehead atoms. The maximum Gasteiger partial charge on any atom is 0.240 e. The predicted molar refractivity (Wildman–Crippen MR) is 72.4 cm³/mol. The topological polar surface area (TPSA) is 64.8 Å². The smallest absolute Gasteiger partial charge is 0.240 e. The van der Waals surface area contributed by atoms with Gasteiger partial charge in [0, 0.05) is 20.8 Å². The first-order valence-corrected chi connectivity index (χ1v) is 6.29. The summed E-state index contributed by atoms with van der Waals surface area (Å²) in [4.78, 5) is 14.1. The Bertz CT molecular complexity index is 251. The number of ether oxygens (including phenoxy) is 2. The van der Waals surface area contributed by atoms with Crippen molar-refractivity contribution in [2.24, 2.45) is 11.1 Å². The van der Waals surface area contributed by atoms with Gasteiger partial charge in [-0.3, -0.25) is 4.79 Å². The summed E-state index contributed by atoms with van der Waals surface area (Å²) in [5.74, 6) is -0.0518. The molecule has 0 saturated carbocycles. The second-order valence-corrected chi connectivity index (χ2v) is 5.67. The van der Waals surface area contributed by atoms with E-state index in [-0.39, 0.29) is 17.4 Å². The molecule has 0 rings (SSSR count). The van der Waals surface area contributed by atoms with Crippen LogP contribution in [0.5, 0.6) is 0 Å². The lowest BCUT2D eigenvalue weighted by molar-refractivity contribution is -0.138. The van der Waals surface area contributed by atoms with Crippen molar-refractivity contribution in [2.45, 2.75) is 39.8 Å². The summed E-state index contributed by atoms with van der Waals surface area (Å²) in [7, 11) is 3.24. The van der Waals surface area contributed by atoms with Crippen molar-refractivity contribution in [1.82, 2.24) is 4.90 Å². The Morgan fingerprint density at radius 3 is 2.22 bits per heavy atom. The Kier molecular flexibility index (Phi) is 7.43. The van der Waals surface area contributed by atoms with E-state index in [4.69, 9.17) is 15.2 Å². The molecular weight excluding hydrogens is 232 g/mol. The van der Waals surface area contributed by atoms with E-state index in [1.807, 2.05) is 27.7 Å². The molecule has 2 N–H and O–H groups in total. The minimum absolute atomic E-state index is 0.00829. The fourth-order valence-corrected chi connectivity index (χ4v) is 1.62. The molecule has 5 heteroatoms. The summed E-state index contributed by atoms with van der Waals surface area (Å²) >= 11 is 0. The molecule has 5 nitrogen and oxygen atoms in total. The van der Waals surface area contributed by atoms with Crippen molar-refractivity contribution in [3.63, 3.8) is 0 Å². The largest absolute Gasteiger partial charge is 0.383 e. The summed E-state index contributed by atoms with van der Waals surface area (Å²) in [5, 5.41) is 0. The SMILES string of the molecule is COCCN(C(=O)C(N)C(C)(C)C)C(C)COC. The predicted octanol–water partition coefficient (Wildman–Crippen LogP) is 0.870. The zero-order valence-corrected chi connectivity index (χ0v) is 12.5. The van der Waals surface area contributed by atoms with E-state index in [1.165, 1.54) is 0 Å². The van der Waals surface area contributed by atoms with Crippen LogP contribution in [0.25, 0.3) is 0 Å². The van der Waals surface area contributed by atoms with E-state index in [0.29, 0.717) is 19.8 Å². The maximum absolute atomic E-state index is 12.4. The molecule has 2 atom stereocenters. The Balaban J connectivity index is 4.78. The molecule has 0 aromatic rings. The van der Waals surface area contributed by atoms with Gasteiger partial charge in [-0.2, -0.15) is 0 Å². The molecule has 2 unspecified atom stereocenters. The van der Waals surface area contributed by atoms with Gasteiger partial charge >= 0.3 is 0 Å². The van der Waals surface area contributed by atoms with Crippen LogP contribution < -0.4 is 5.73 Å². The fourth-order valence-electron chi connectivity index (χ4n) is 1.62. The Hall–Kier alpha value is -0.650. The number of nitrogens with two attached hydrogens (primary N) is 1. The maximum atomic E-state index is 12.4. The molecule has 18 heavy (non-hydrogen) atoms. The monoisotopic (exact) mass is 260 g/mol. The summed E-state index contributed by atoms with van der Waals surface area (Å²) in [5.41, 5.74) is 5.77. The minimum atomic E-state index is -0.520. The number of hydrogen-bond acceptors (Lipinski definition) is 4. The lowest BCUT2D eigenvalue weighted by atomic mass is 9.86. The highest BCUT2D eigenvalue weighted by Crippen LogP contribution is 2.20. The molecule has 0 aromatic heterocycles. The van der Waals surface area contributed by atoms with Crippen molar-refractivity contribution in [1.29, 1.82) is 0 Å². The molecular formula is C13H28N2O3. The van der Waals surface area contributed by atoms with Crippen LogP contribution in [0.2, 0.25) is 0 Å². The molecule has 0 aromatic carbocycles. The molecule has 0 radical (unpaired) electrons. The molecule has 0 saturated heterocycles. The van der Waals surface area contributed by atoms with Crippen LogP contribution in [-0.2, 0) is 14.3 Å². The van der Waals surface area contributed by atoms with Crippen LogP contribution >= 0.6 is 0 Å². The molecule has 1 amide bonds. The number of methoxy groups -OCH3 is 2. The zero-order chi connectivity index (χ0) is 14.3. The summed E-state index contributed by atoms with van der Waals surface area (Å²) in [6.45, 7) is 9.36. The van der Waals surface area contributed by atoms with Gasteiger partial charge in [-0.1, -0.05) is 20.8 Å². The van der Waals surface area contributed by atoms with E-state index in [1.54, 1.807) is 19.1 Å². The van der Waals surface area contributed by atoms with Gasteiger partial charge in [0.1, 0.15) is 0 Å². The van der Waals surface area contributed by atoms with Crippen LogP contribution in [-0.4, -0.2) is 56.9 Å². The summed E-state index contributed by atoms with van der Waals surface area (Å²) < 4.78 is 10.1. The minimum Gasteiger partial charge on any atom is -0.383 e. The van der Waals surface area contributed by atoms with E-state index in [9.17, 15) is 4.79 Å². The van der Waals surface area contributed by atoms with Crippen molar-refractivity contribution >= 4 is 5.91 Å². The number of hydrogen-bond donors (Lipinski definition) is 1. The van der Waals surface area contributed by atoms with E-state index >= 15 is 0 Å². The quantitative estimate of drug-likeness (QED) is 0.737. The number of carbonyl (C=O) groups is 1. The van der Waals surface area contributed by atoms with Gasteiger partial charge in [0.15, 0.2) is 0 Å². The van der Waals surface area contributed by atoms with Gasteiger partial charge in [0.25, 0.3) is 0 Å². The van der Waals surface area contributed by atoms with Gasteiger partial charge in [-0.15, -0.1) is 0 Å². The second kappa shape index (κ2) is 7.71. The normalized spacial score (nSPS) is 15.3. The lowest BCUT2D eigenvalue weighted by Gasteiger charge is -2.35. The van der Waals surface area contributed by atoms with Crippen LogP contribution in [0.15, 0.2) is 0 Å². The standard InChI is InChI=1S/C13H28N2O3/c1-10(9-18-6)15(7-8-17-5)12(16)11(14)13(2,3)4/h10-11H,7-9,14H2,1-6H3. The van der Waals surface area contributed by atoms with E-state index < -0.39 is 6.04 Å². The number of amides is 1. The Morgan fingerprint density at radius 1 is 1.28 bits per heavy atom. The Morgan fingerprint density at radius 2 is 1.83 bits per heavy atom.